The summed E-state index contributed by atoms with van der Waals surface area (Å²) in [4.78, 5) is 58.5. The van der Waals surface area contributed by atoms with Gasteiger partial charge in [0, 0.05) is 34.9 Å². The Balaban J connectivity index is 1.25. The number of nitrogens with zero attached hydrogens (tertiary/aromatic N) is 1. The number of carbonyl (C=O) groups is 4. The van der Waals surface area contributed by atoms with E-state index < -0.39 is 41.5 Å². The molecule has 42 heavy (non-hydrogen) atoms. The van der Waals surface area contributed by atoms with Gasteiger partial charge in [-0.15, -0.1) is 0 Å². The van der Waals surface area contributed by atoms with E-state index in [4.69, 9.17) is 4.74 Å². The van der Waals surface area contributed by atoms with Crippen LogP contribution in [-0.2, 0) is 14.4 Å². The molecule has 2 aliphatic heterocycles. The third-order valence-electron chi connectivity index (χ3n) is 9.52. The van der Waals surface area contributed by atoms with Crippen LogP contribution < -0.4 is 20.7 Å². The minimum absolute atomic E-state index is 0.0142. The van der Waals surface area contributed by atoms with Gasteiger partial charge in [0.15, 0.2) is 6.10 Å². The molecule has 3 heterocycles. The first kappa shape index (κ1) is 28.5. The third kappa shape index (κ3) is 5.46. The lowest BCUT2D eigenvalue weighted by molar-refractivity contribution is -0.135. The van der Waals surface area contributed by atoms with Crippen molar-refractivity contribution in [3.63, 3.8) is 0 Å². The summed E-state index contributed by atoms with van der Waals surface area (Å²) in [7, 11) is 1.58. The maximum absolute atomic E-state index is 14.1. The van der Waals surface area contributed by atoms with Crippen LogP contribution in [0.3, 0.4) is 0 Å². The monoisotopic (exact) mass is 579 g/mol. The number of methoxy groups -OCH3 is 1. The number of aliphatic hydroxyl groups is 1. The molecule has 11 nitrogen and oxygen atoms in total. The molecule has 5 N–H and O–H groups in total. The molecule has 4 fully saturated rings. The molecule has 1 unspecified atom stereocenters. The Morgan fingerprint density at radius 1 is 1.19 bits per heavy atom. The van der Waals surface area contributed by atoms with Crippen LogP contribution in [0.1, 0.15) is 69.3 Å². The number of carbonyl (C=O) groups excluding carboxylic acids is 4. The van der Waals surface area contributed by atoms with Crippen molar-refractivity contribution in [1.29, 1.82) is 0 Å². The molecule has 4 aliphatic rings. The normalized spacial score (nSPS) is 27.8. The number of fused-ring (bicyclic) bond motifs is 2. The average molecular weight is 580 g/mol. The zero-order chi connectivity index (χ0) is 29.8. The lowest BCUT2D eigenvalue weighted by atomic mass is 9.89. The Kier molecular flexibility index (Phi) is 7.41. The lowest BCUT2D eigenvalue weighted by Crippen LogP contribution is -2.57. The van der Waals surface area contributed by atoms with E-state index in [1.54, 1.807) is 18.1 Å². The van der Waals surface area contributed by atoms with Crippen LogP contribution >= 0.6 is 0 Å². The zero-order valence-corrected chi connectivity index (χ0v) is 24.4. The fraction of sp³-hybridized carbons (Fsp3) is 0.613. The molecule has 2 saturated carbocycles. The highest BCUT2D eigenvalue weighted by Gasteiger charge is 2.51. The van der Waals surface area contributed by atoms with Crippen LogP contribution in [0, 0.1) is 17.8 Å². The molecule has 0 radical (unpaired) electrons. The third-order valence-corrected chi connectivity index (χ3v) is 9.52. The number of aliphatic hydroxyl groups excluding tert-OH is 1. The van der Waals surface area contributed by atoms with Gasteiger partial charge in [-0.1, -0.05) is 12.5 Å². The number of nitrogens with one attached hydrogen (secondary N) is 4. The van der Waals surface area contributed by atoms with Gasteiger partial charge in [0.2, 0.25) is 11.8 Å². The topological polar surface area (TPSA) is 153 Å². The number of ether oxygens (including phenoxy) is 1. The maximum atomic E-state index is 14.1. The predicted molar refractivity (Wildman–Crippen MR) is 155 cm³/mol. The minimum atomic E-state index is -1.52. The van der Waals surface area contributed by atoms with Crippen molar-refractivity contribution in [3.8, 4) is 5.75 Å². The number of hydrogen-bond donors (Lipinski definition) is 5. The standard InChI is InChI=1S/C31H41N5O6/c1-31(2)14-17(27(38)35-31)12-22(26(37)29(40)32-18-10-11-18)34-28(39)25-19-7-4-6-16(19)15-36(25)30(41)23-13-20-21(33-23)8-5-9-24(20)42-3/h5,8-9,13,16-19,22,25-26,33,37H,4,6-7,10-12,14-15H2,1-3H3,(H,32,40)(H,34,39)(H,35,38)/t16-,17-,19-,22-,25-,26?/m0/s1. The van der Waals surface area contributed by atoms with Gasteiger partial charge >= 0.3 is 0 Å². The van der Waals surface area contributed by atoms with Gasteiger partial charge in [0.1, 0.15) is 17.5 Å². The molecule has 0 bridgehead atoms. The number of amides is 4. The number of aromatic nitrogens is 1. The molecule has 2 aliphatic carbocycles. The van der Waals surface area contributed by atoms with Crippen LogP contribution in [0.25, 0.3) is 10.9 Å². The number of H-pyrrole nitrogens is 1. The van der Waals surface area contributed by atoms with Gasteiger partial charge in [0.25, 0.3) is 11.8 Å². The highest BCUT2D eigenvalue weighted by atomic mass is 16.5. The Hall–Kier alpha value is -3.60. The summed E-state index contributed by atoms with van der Waals surface area (Å²) in [5, 5.41) is 20.6. The summed E-state index contributed by atoms with van der Waals surface area (Å²) in [5.41, 5.74) is 0.726. The van der Waals surface area contributed by atoms with Crippen molar-refractivity contribution in [2.45, 2.75) is 88.6 Å². The Bertz CT molecular complexity index is 1400. The van der Waals surface area contributed by atoms with Crippen LogP contribution in [-0.4, -0.2) is 82.0 Å². The van der Waals surface area contributed by atoms with Crippen LogP contribution in [0.2, 0.25) is 0 Å². The summed E-state index contributed by atoms with van der Waals surface area (Å²) < 4.78 is 5.46. The van der Waals surface area contributed by atoms with E-state index in [1.165, 1.54) is 0 Å². The highest BCUT2D eigenvalue weighted by molar-refractivity contribution is 6.02. The Morgan fingerprint density at radius 2 is 1.98 bits per heavy atom. The maximum Gasteiger partial charge on any atom is 0.271 e. The van der Waals surface area contributed by atoms with E-state index in [0.29, 0.717) is 24.4 Å². The van der Waals surface area contributed by atoms with Gasteiger partial charge in [-0.2, -0.15) is 0 Å². The predicted octanol–water partition coefficient (Wildman–Crippen LogP) is 1.85. The van der Waals surface area contributed by atoms with Gasteiger partial charge in [-0.3, -0.25) is 19.2 Å². The van der Waals surface area contributed by atoms with Crippen molar-refractivity contribution >= 4 is 34.5 Å². The quantitative estimate of drug-likeness (QED) is 0.306. The van der Waals surface area contributed by atoms with E-state index in [0.717, 1.165) is 43.0 Å². The number of hydrogen-bond acceptors (Lipinski definition) is 6. The molecule has 2 saturated heterocycles. The first-order valence-electron chi connectivity index (χ1n) is 15.1. The summed E-state index contributed by atoms with van der Waals surface area (Å²) in [6.45, 7) is 4.32. The van der Waals surface area contributed by atoms with Gasteiger partial charge < -0.3 is 35.7 Å². The number of likely N-dealkylation sites (tertiary alicyclic amines) is 1. The molecule has 1 aromatic carbocycles. The van der Waals surface area contributed by atoms with Crippen molar-refractivity contribution in [2.75, 3.05) is 13.7 Å². The summed E-state index contributed by atoms with van der Waals surface area (Å²) in [5.74, 6) is -1.00. The highest BCUT2D eigenvalue weighted by Crippen LogP contribution is 2.43. The molecule has 2 aromatic rings. The summed E-state index contributed by atoms with van der Waals surface area (Å²) in [6, 6.07) is 5.63. The first-order valence-corrected chi connectivity index (χ1v) is 15.1. The molecular formula is C31H41N5O6. The van der Waals surface area contributed by atoms with Crippen molar-refractivity contribution in [2.24, 2.45) is 17.8 Å². The molecule has 11 heteroatoms. The summed E-state index contributed by atoms with van der Waals surface area (Å²) >= 11 is 0. The molecule has 6 atom stereocenters. The number of benzene rings is 1. The second kappa shape index (κ2) is 10.9. The van der Waals surface area contributed by atoms with Gasteiger partial charge in [0.05, 0.1) is 13.2 Å². The molecule has 1 aromatic heterocycles. The van der Waals surface area contributed by atoms with Crippen molar-refractivity contribution in [1.82, 2.24) is 25.8 Å². The van der Waals surface area contributed by atoms with E-state index in [-0.39, 0.29) is 36.1 Å². The van der Waals surface area contributed by atoms with Crippen LogP contribution in [0.4, 0.5) is 0 Å². The van der Waals surface area contributed by atoms with E-state index in [1.807, 2.05) is 32.0 Å². The van der Waals surface area contributed by atoms with Gasteiger partial charge in [-0.25, -0.2) is 0 Å². The Morgan fingerprint density at radius 3 is 2.67 bits per heavy atom. The molecular weight excluding hydrogens is 538 g/mol. The second-order valence-corrected chi connectivity index (χ2v) is 13.2. The average Bonchev–Trinajstić information content (AvgIpc) is 3.26. The van der Waals surface area contributed by atoms with E-state index >= 15 is 0 Å². The van der Waals surface area contributed by atoms with E-state index in [2.05, 4.69) is 20.9 Å². The van der Waals surface area contributed by atoms with E-state index in [9.17, 15) is 24.3 Å². The molecule has 4 amide bonds. The first-order chi connectivity index (χ1) is 20.0. The second-order valence-electron chi connectivity index (χ2n) is 13.2. The minimum Gasteiger partial charge on any atom is -0.496 e. The van der Waals surface area contributed by atoms with Crippen LogP contribution in [0.15, 0.2) is 24.3 Å². The van der Waals surface area contributed by atoms with Crippen molar-refractivity contribution in [3.05, 3.63) is 30.0 Å². The fourth-order valence-electron chi connectivity index (χ4n) is 7.35. The SMILES string of the molecule is COc1cccc2[nH]c(C(=O)N3C[C@@H]4CCC[C@@H]4[C@H]3C(=O)N[C@@H](C[C@H]3CC(C)(C)NC3=O)C(O)C(=O)NC3CC3)cc12. The van der Waals surface area contributed by atoms with Gasteiger partial charge in [-0.05, 0) is 82.4 Å². The molecule has 0 spiro atoms. The zero-order valence-electron chi connectivity index (χ0n) is 24.4. The Labute approximate surface area is 245 Å². The smallest absolute Gasteiger partial charge is 0.271 e. The molecule has 6 rings (SSSR count). The fourth-order valence-corrected chi connectivity index (χ4v) is 7.35. The molecule has 226 valence electrons. The van der Waals surface area contributed by atoms with Crippen LogP contribution in [0.5, 0.6) is 5.75 Å². The number of rotatable bonds is 9. The number of aromatic amines is 1. The lowest BCUT2D eigenvalue weighted by Gasteiger charge is -2.31. The summed E-state index contributed by atoms with van der Waals surface area (Å²) in [6.07, 6.45) is 3.59. The largest absolute Gasteiger partial charge is 0.496 e. The van der Waals surface area contributed by atoms with Crippen molar-refractivity contribution < 1.29 is 29.0 Å².